The highest BCUT2D eigenvalue weighted by Crippen LogP contribution is 2.05. The highest BCUT2D eigenvalue weighted by molar-refractivity contribution is 4.81. The Balaban J connectivity index is 2.90. The number of rotatable bonds is 8. The van der Waals surface area contributed by atoms with E-state index in [1.54, 1.807) is 0 Å². The van der Waals surface area contributed by atoms with Gasteiger partial charge in [0.2, 0.25) is 0 Å². The van der Waals surface area contributed by atoms with Gasteiger partial charge in [0, 0.05) is 0 Å². The first-order valence-electron chi connectivity index (χ1n) is 5.36. The van der Waals surface area contributed by atoms with Gasteiger partial charge in [-0.05, 0) is 25.7 Å². The van der Waals surface area contributed by atoms with Crippen LogP contribution in [-0.4, -0.2) is 0 Å². The first-order valence-corrected chi connectivity index (χ1v) is 5.36. The number of hydrogen-bond acceptors (Lipinski definition) is 0. The van der Waals surface area contributed by atoms with Crippen LogP contribution in [0.4, 0.5) is 0 Å². The molecule has 0 nitrogen and oxygen atoms in total. The van der Waals surface area contributed by atoms with Crippen molar-refractivity contribution in [3.63, 3.8) is 0 Å². The minimum atomic E-state index is 1.03. The second-order valence-electron chi connectivity index (χ2n) is 3.32. The fourth-order valence-corrected chi connectivity index (χ4v) is 1.22. The van der Waals surface area contributed by atoms with E-state index in [9.17, 15) is 0 Å². The van der Waals surface area contributed by atoms with Gasteiger partial charge < -0.3 is 0 Å². The van der Waals surface area contributed by atoms with Crippen molar-refractivity contribution >= 4 is 0 Å². The van der Waals surface area contributed by atoms with Gasteiger partial charge in [0.1, 0.15) is 0 Å². The van der Waals surface area contributed by atoms with E-state index in [2.05, 4.69) is 26.0 Å². The largest absolute Gasteiger partial charge is 0.0885 e. The third-order valence-corrected chi connectivity index (χ3v) is 2.01. The fraction of sp³-hybridized carbons (Fsp3) is 0.750. The molecule has 0 heterocycles. The van der Waals surface area contributed by atoms with Gasteiger partial charge in [0.25, 0.3) is 0 Å². The first-order chi connectivity index (χ1) is 5.91. The average Bonchev–Trinajstić information content (AvgIpc) is 2.10. The van der Waals surface area contributed by atoms with Crippen LogP contribution in [0.1, 0.15) is 58.3 Å². The lowest BCUT2D eigenvalue weighted by atomic mass is 10.1. The molecule has 0 unspecified atom stereocenters. The predicted molar refractivity (Wildman–Crippen MR) is 57.1 cm³/mol. The molecular formula is C12H23. The zero-order chi connectivity index (χ0) is 9.07. The third-order valence-electron chi connectivity index (χ3n) is 2.01. The molecule has 1 radical (unpaired) electrons. The Labute approximate surface area is 78.1 Å². The zero-order valence-corrected chi connectivity index (χ0v) is 8.52. The lowest BCUT2D eigenvalue weighted by Crippen LogP contribution is -1.75. The van der Waals surface area contributed by atoms with Crippen molar-refractivity contribution in [2.75, 3.05) is 0 Å². The summed E-state index contributed by atoms with van der Waals surface area (Å²) >= 11 is 0. The molecular weight excluding hydrogens is 144 g/mol. The summed E-state index contributed by atoms with van der Waals surface area (Å²) in [6.07, 6.45) is 14.9. The van der Waals surface area contributed by atoms with Crippen LogP contribution in [0.5, 0.6) is 0 Å². The molecule has 0 aromatic carbocycles. The molecule has 0 saturated carbocycles. The summed E-state index contributed by atoms with van der Waals surface area (Å²) in [5.74, 6) is 0. The van der Waals surface area contributed by atoms with Crippen molar-refractivity contribution in [1.82, 2.24) is 0 Å². The van der Waals surface area contributed by atoms with Crippen LogP contribution in [0.25, 0.3) is 0 Å². The molecule has 12 heavy (non-hydrogen) atoms. The van der Waals surface area contributed by atoms with E-state index in [1.165, 1.54) is 38.5 Å². The first kappa shape index (κ1) is 11.7. The standard InChI is InChI=1S/C12H23/c1-3-5-7-9-11-12-10-8-6-4-2/h7,9H,1,3-6,8,10-12H2,2H3. The molecule has 0 saturated heterocycles. The molecule has 0 fully saturated rings. The molecule has 0 amide bonds. The van der Waals surface area contributed by atoms with Gasteiger partial charge in [-0.3, -0.25) is 0 Å². The molecule has 71 valence electrons. The monoisotopic (exact) mass is 167 g/mol. The van der Waals surface area contributed by atoms with Gasteiger partial charge in [-0.1, -0.05) is 51.7 Å². The molecule has 0 aromatic heterocycles. The van der Waals surface area contributed by atoms with E-state index in [-0.39, 0.29) is 0 Å². The zero-order valence-electron chi connectivity index (χ0n) is 8.52. The maximum atomic E-state index is 3.79. The second-order valence-corrected chi connectivity index (χ2v) is 3.32. The van der Waals surface area contributed by atoms with Crippen LogP contribution in [0.15, 0.2) is 12.2 Å². The second kappa shape index (κ2) is 10.7. The SMILES string of the molecule is [CH2]CCC=CCCCCCCC. The van der Waals surface area contributed by atoms with Gasteiger partial charge in [0.05, 0.1) is 0 Å². The highest BCUT2D eigenvalue weighted by atomic mass is 13.9. The highest BCUT2D eigenvalue weighted by Gasteiger charge is 1.85. The van der Waals surface area contributed by atoms with Gasteiger partial charge in [-0.25, -0.2) is 0 Å². The topological polar surface area (TPSA) is 0 Å². The van der Waals surface area contributed by atoms with Crippen LogP contribution in [0.3, 0.4) is 0 Å². The van der Waals surface area contributed by atoms with Gasteiger partial charge >= 0.3 is 0 Å². The van der Waals surface area contributed by atoms with Crippen LogP contribution >= 0.6 is 0 Å². The Kier molecular flexibility index (Phi) is 10.5. The molecule has 0 aliphatic carbocycles. The lowest BCUT2D eigenvalue weighted by molar-refractivity contribution is 0.637. The Hall–Kier alpha value is -0.260. The summed E-state index contributed by atoms with van der Waals surface area (Å²) < 4.78 is 0. The summed E-state index contributed by atoms with van der Waals surface area (Å²) in [6, 6.07) is 0. The van der Waals surface area contributed by atoms with E-state index in [1.807, 2.05) is 0 Å². The van der Waals surface area contributed by atoms with Crippen molar-refractivity contribution in [3.05, 3.63) is 19.1 Å². The summed E-state index contributed by atoms with van der Waals surface area (Å²) in [7, 11) is 0. The number of unbranched alkanes of at least 4 members (excludes halogenated alkanes) is 6. The molecule has 0 aliphatic rings. The van der Waals surface area contributed by atoms with Gasteiger partial charge in [-0.15, -0.1) is 0 Å². The van der Waals surface area contributed by atoms with Gasteiger partial charge in [0.15, 0.2) is 0 Å². The smallest absolute Gasteiger partial charge is 0.0351 e. The molecule has 0 N–H and O–H groups in total. The van der Waals surface area contributed by atoms with Crippen LogP contribution in [-0.2, 0) is 0 Å². The van der Waals surface area contributed by atoms with E-state index >= 15 is 0 Å². The van der Waals surface area contributed by atoms with Crippen molar-refractivity contribution in [2.24, 2.45) is 0 Å². The van der Waals surface area contributed by atoms with Crippen molar-refractivity contribution < 1.29 is 0 Å². The molecule has 0 rings (SSSR count). The predicted octanol–water partition coefficient (Wildman–Crippen LogP) is 4.52. The van der Waals surface area contributed by atoms with Crippen LogP contribution in [0.2, 0.25) is 0 Å². The minimum Gasteiger partial charge on any atom is -0.0885 e. The lowest BCUT2D eigenvalue weighted by Gasteiger charge is -1.95. The van der Waals surface area contributed by atoms with E-state index in [4.69, 9.17) is 0 Å². The normalized spacial score (nSPS) is 11.2. The van der Waals surface area contributed by atoms with E-state index in [0.29, 0.717) is 0 Å². The van der Waals surface area contributed by atoms with Crippen LogP contribution < -0.4 is 0 Å². The molecule has 0 spiro atoms. The Morgan fingerprint density at radius 3 is 2.25 bits per heavy atom. The summed E-state index contributed by atoms with van der Waals surface area (Å²) in [6.45, 7) is 6.05. The maximum Gasteiger partial charge on any atom is -0.0351 e. The number of hydrogen-bond donors (Lipinski definition) is 0. The Morgan fingerprint density at radius 2 is 1.58 bits per heavy atom. The minimum absolute atomic E-state index is 1.03. The molecule has 0 bridgehead atoms. The molecule has 0 heteroatoms. The average molecular weight is 167 g/mol. The Bertz CT molecular complexity index is 92.2. The quantitative estimate of drug-likeness (QED) is 0.368. The molecule has 0 aromatic rings. The van der Waals surface area contributed by atoms with Crippen LogP contribution in [0, 0.1) is 6.92 Å². The van der Waals surface area contributed by atoms with Crippen molar-refractivity contribution in [3.8, 4) is 0 Å². The van der Waals surface area contributed by atoms with E-state index in [0.717, 1.165) is 12.8 Å². The maximum absolute atomic E-state index is 3.79. The Morgan fingerprint density at radius 1 is 0.917 bits per heavy atom. The molecule has 0 aliphatic heterocycles. The van der Waals surface area contributed by atoms with Gasteiger partial charge in [-0.2, -0.15) is 0 Å². The molecule has 0 atom stereocenters. The van der Waals surface area contributed by atoms with Crippen molar-refractivity contribution in [1.29, 1.82) is 0 Å². The number of allylic oxidation sites excluding steroid dienone is 2. The third kappa shape index (κ3) is 9.74. The summed E-state index contributed by atoms with van der Waals surface area (Å²) in [4.78, 5) is 0. The summed E-state index contributed by atoms with van der Waals surface area (Å²) in [5, 5.41) is 0. The fourth-order valence-electron chi connectivity index (χ4n) is 1.22. The van der Waals surface area contributed by atoms with Crippen molar-refractivity contribution in [2.45, 2.75) is 58.3 Å². The summed E-state index contributed by atoms with van der Waals surface area (Å²) in [5.41, 5.74) is 0. The van der Waals surface area contributed by atoms with E-state index < -0.39 is 0 Å².